The molecular weight excluding hydrogens is 399 g/mol. The summed E-state index contributed by atoms with van der Waals surface area (Å²) in [6.07, 6.45) is 2.83. The number of carbonyl (C=O) groups excluding carboxylic acids is 2. The topological polar surface area (TPSA) is 117 Å². The van der Waals surface area contributed by atoms with Crippen molar-refractivity contribution < 1.29 is 22.4 Å². The van der Waals surface area contributed by atoms with Crippen LogP contribution in [0.1, 0.15) is 20.7 Å². The van der Waals surface area contributed by atoms with Crippen LogP contribution >= 0.6 is 0 Å². The Hall–Kier alpha value is -3.79. The second-order valence-electron chi connectivity index (χ2n) is 5.79. The Balaban J connectivity index is 1.70. The highest BCUT2D eigenvalue weighted by atomic mass is 32.2. The van der Waals surface area contributed by atoms with E-state index >= 15 is 0 Å². The zero-order chi connectivity index (χ0) is 20.9. The third-order valence-corrected chi connectivity index (χ3v) is 5.10. The van der Waals surface area contributed by atoms with E-state index < -0.39 is 27.7 Å². The SMILES string of the molecule is O=C(NNC(=O)c1cccc(S(=O)(=O)Nc2ccc(F)cc2)c1)c1cccnc1. The second-order valence-corrected chi connectivity index (χ2v) is 7.47. The van der Waals surface area contributed by atoms with E-state index in [1.54, 1.807) is 6.07 Å². The number of halogens is 1. The Labute approximate surface area is 165 Å². The largest absolute Gasteiger partial charge is 0.280 e. The van der Waals surface area contributed by atoms with Crippen LogP contribution in [0.2, 0.25) is 0 Å². The maximum Gasteiger partial charge on any atom is 0.271 e. The summed E-state index contributed by atoms with van der Waals surface area (Å²) in [5, 5.41) is 0. The number of nitrogens with zero attached hydrogens (tertiary/aromatic N) is 1. The molecule has 0 spiro atoms. The van der Waals surface area contributed by atoms with Gasteiger partial charge >= 0.3 is 0 Å². The van der Waals surface area contributed by atoms with E-state index in [0.29, 0.717) is 0 Å². The summed E-state index contributed by atoms with van der Waals surface area (Å²) in [7, 11) is -4.00. The lowest BCUT2D eigenvalue weighted by Gasteiger charge is -2.10. The highest BCUT2D eigenvalue weighted by molar-refractivity contribution is 7.92. The molecular formula is C19H15FN4O4S. The number of carbonyl (C=O) groups is 2. The number of nitrogens with one attached hydrogen (secondary N) is 3. The Morgan fingerprint density at radius 1 is 0.862 bits per heavy atom. The van der Waals surface area contributed by atoms with Crippen molar-refractivity contribution in [1.82, 2.24) is 15.8 Å². The van der Waals surface area contributed by atoms with Crippen molar-refractivity contribution in [3.05, 3.63) is 90.0 Å². The van der Waals surface area contributed by atoms with Crippen LogP contribution in [-0.4, -0.2) is 25.2 Å². The third kappa shape index (κ3) is 5.14. The first kappa shape index (κ1) is 20.0. The van der Waals surface area contributed by atoms with Gasteiger partial charge in [-0.15, -0.1) is 0 Å². The van der Waals surface area contributed by atoms with Gasteiger partial charge in [-0.05, 0) is 54.6 Å². The van der Waals surface area contributed by atoms with Crippen molar-refractivity contribution in [2.24, 2.45) is 0 Å². The molecule has 0 aliphatic carbocycles. The van der Waals surface area contributed by atoms with Crippen LogP contribution in [0, 0.1) is 5.82 Å². The van der Waals surface area contributed by atoms with Crippen LogP contribution in [0.4, 0.5) is 10.1 Å². The second kappa shape index (κ2) is 8.48. The Morgan fingerprint density at radius 2 is 1.52 bits per heavy atom. The average Bonchev–Trinajstić information content (AvgIpc) is 2.74. The van der Waals surface area contributed by atoms with Gasteiger partial charge in [-0.2, -0.15) is 0 Å². The summed E-state index contributed by atoms with van der Waals surface area (Å²) in [5.74, 6) is -1.78. The van der Waals surface area contributed by atoms with Gasteiger partial charge in [0.15, 0.2) is 0 Å². The van der Waals surface area contributed by atoms with Gasteiger partial charge in [0.1, 0.15) is 5.82 Å². The predicted molar refractivity (Wildman–Crippen MR) is 103 cm³/mol. The molecule has 3 N–H and O–H groups in total. The van der Waals surface area contributed by atoms with Gasteiger partial charge in [0.05, 0.1) is 10.5 Å². The number of benzene rings is 2. The molecule has 0 aliphatic heterocycles. The minimum atomic E-state index is -4.00. The van der Waals surface area contributed by atoms with Gasteiger partial charge in [0, 0.05) is 23.6 Å². The monoisotopic (exact) mass is 414 g/mol. The van der Waals surface area contributed by atoms with Gasteiger partial charge < -0.3 is 0 Å². The summed E-state index contributed by atoms with van der Waals surface area (Å²) < 4.78 is 40.3. The number of anilines is 1. The van der Waals surface area contributed by atoms with E-state index in [-0.39, 0.29) is 21.7 Å². The zero-order valence-corrected chi connectivity index (χ0v) is 15.6. The predicted octanol–water partition coefficient (Wildman–Crippen LogP) is 2.10. The number of sulfonamides is 1. The lowest BCUT2D eigenvalue weighted by molar-refractivity contribution is 0.0846. The quantitative estimate of drug-likeness (QED) is 0.553. The number of pyridine rings is 1. The molecule has 3 aromatic rings. The van der Waals surface area contributed by atoms with Crippen LogP contribution in [0.5, 0.6) is 0 Å². The Bertz CT molecular complexity index is 1140. The summed E-state index contributed by atoms with van der Waals surface area (Å²) in [6.45, 7) is 0. The lowest BCUT2D eigenvalue weighted by Crippen LogP contribution is -2.41. The number of rotatable bonds is 5. The van der Waals surface area contributed by atoms with Gasteiger partial charge in [-0.3, -0.25) is 30.1 Å². The minimum absolute atomic E-state index is 0.0125. The van der Waals surface area contributed by atoms with E-state index in [9.17, 15) is 22.4 Å². The maximum absolute atomic E-state index is 13.0. The molecule has 0 radical (unpaired) electrons. The fourth-order valence-corrected chi connectivity index (χ4v) is 3.40. The molecule has 3 rings (SSSR count). The molecule has 148 valence electrons. The van der Waals surface area contributed by atoms with Gasteiger partial charge in [-0.25, -0.2) is 12.8 Å². The van der Waals surface area contributed by atoms with Gasteiger partial charge in [0.25, 0.3) is 21.8 Å². The molecule has 2 aromatic carbocycles. The maximum atomic E-state index is 13.0. The molecule has 0 saturated heterocycles. The molecule has 2 amide bonds. The smallest absolute Gasteiger partial charge is 0.271 e. The van der Waals surface area contributed by atoms with Crippen LogP contribution in [-0.2, 0) is 10.0 Å². The van der Waals surface area contributed by atoms with Crippen molar-refractivity contribution in [3.63, 3.8) is 0 Å². The molecule has 0 atom stereocenters. The van der Waals surface area contributed by atoms with Crippen LogP contribution < -0.4 is 15.6 Å². The molecule has 1 aromatic heterocycles. The molecule has 0 unspecified atom stereocenters. The van der Waals surface area contributed by atoms with Crippen LogP contribution in [0.25, 0.3) is 0 Å². The first-order chi connectivity index (χ1) is 13.8. The normalized spacial score (nSPS) is 10.8. The standard InChI is InChI=1S/C19H15FN4O4S/c20-15-6-8-16(9-7-15)24-29(27,28)17-5-1-3-13(11-17)18(25)22-23-19(26)14-4-2-10-21-12-14/h1-12,24H,(H,22,25)(H,23,26). The van der Waals surface area contributed by atoms with Gasteiger partial charge in [0.2, 0.25) is 0 Å². The van der Waals surface area contributed by atoms with E-state index in [2.05, 4.69) is 20.6 Å². The van der Waals surface area contributed by atoms with Crippen molar-refractivity contribution in [2.45, 2.75) is 4.90 Å². The Kier molecular flexibility index (Phi) is 5.84. The van der Waals surface area contributed by atoms with E-state index in [4.69, 9.17) is 0 Å². The van der Waals surface area contributed by atoms with Crippen molar-refractivity contribution in [3.8, 4) is 0 Å². The van der Waals surface area contributed by atoms with Crippen molar-refractivity contribution >= 4 is 27.5 Å². The summed E-state index contributed by atoms with van der Waals surface area (Å²) in [4.78, 5) is 27.8. The molecule has 0 saturated carbocycles. The summed E-state index contributed by atoms with van der Waals surface area (Å²) >= 11 is 0. The van der Waals surface area contributed by atoms with E-state index in [0.717, 1.165) is 18.2 Å². The molecule has 0 aliphatic rings. The first-order valence-corrected chi connectivity index (χ1v) is 9.73. The summed E-state index contributed by atoms with van der Waals surface area (Å²) in [6, 6.07) is 13.1. The third-order valence-electron chi connectivity index (χ3n) is 3.72. The van der Waals surface area contributed by atoms with Crippen molar-refractivity contribution in [2.75, 3.05) is 4.72 Å². The number of hydrogen-bond donors (Lipinski definition) is 3. The minimum Gasteiger partial charge on any atom is -0.280 e. The van der Waals surface area contributed by atoms with E-state index in [1.165, 1.54) is 48.8 Å². The highest BCUT2D eigenvalue weighted by Gasteiger charge is 2.17. The molecule has 0 bridgehead atoms. The van der Waals surface area contributed by atoms with Crippen molar-refractivity contribution in [1.29, 1.82) is 0 Å². The molecule has 0 fully saturated rings. The lowest BCUT2D eigenvalue weighted by atomic mass is 10.2. The Morgan fingerprint density at radius 3 is 2.17 bits per heavy atom. The number of aromatic nitrogens is 1. The number of hydrazine groups is 1. The van der Waals surface area contributed by atoms with Gasteiger partial charge in [-0.1, -0.05) is 6.07 Å². The average molecular weight is 414 g/mol. The first-order valence-electron chi connectivity index (χ1n) is 8.24. The molecule has 10 heteroatoms. The molecule has 8 nitrogen and oxygen atoms in total. The highest BCUT2D eigenvalue weighted by Crippen LogP contribution is 2.17. The zero-order valence-electron chi connectivity index (χ0n) is 14.8. The number of hydrogen-bond acceptors (Lipinski definition) is 5. The van der Waals surface area contributed by atoms with E-state index in [1.807, 2.05) is 0 Å². The molecule has 1 heterocycles. The fraction of sp³-hybridized carbons (Fsp3) is 0. The van der Waals surface area contributed by atoms with Crippen LogP contribution in [0.3, 0.4) is 0 Å². The van der Waals surface area contributed by atoms with Crippen LogP contribution in [0.15, 0.2) is 78.0 Å². The fourth-order valence-electron chi connectivity index (χ4n) is 2.29. The number of amides is 2. The molecule has 29 heavy (non-hydrogen) atoms. The summed E-state index contributed by atoms with van der Waals surface area (Å²) in [5.41, 5.74) is 4.86.